The third-order valence-corrected chi connectivity index (χ3v) is 7.61. The number of pyridine rings is 1. The van der Waals surface area contributed by atoms with E-state index in [4.69, 9.17) is 0 Å². The lowest BCUT2D eigenvalue weighted by Crippen LogP contribution is -2.50. The molecule has 178 valence electrons. The Hall–Kier alpha value is -3.91. The fourth-order valence-electron chi connectivity index (χ4n) is 3.77. The maximum atomic E-state index is 13.0. The van der Waals surface area contributed by atoms with E-state index >= 15 is 0 Å². The molecule has 1 aromatic carbocycles. The van der Waals surface area contributed by atoms with Crippen molar-refractivity contribution in [2.75, 3.05) is 26.2 Å². The van der Waals surface area contributed by atoms with Crippen LogP contribution in [-0.2, 0) is 24.1 Å². The Morgan fingerprint density at radius 2 is 1.71 bits per heavy atom. The van der Waals surface area contributed by atoms with Crippen LogP contribution in [0.4, 0.5) is 5.69 Å². The second kappa shape index (κ2) is 8.46. The van der Waals surface area contributed by atoms with Crippen LogP contribution >= 0.6 is 0 Å². The first-order valence-electron chi connectivity index (χ1n) is 10.1. The molecule has 0 spiro atoms. The van der Waals surface area contributed by atoms with Crippen molar-refractivity contribution in [2.45, 2.75) is 4.90 Å². The molecule has 1 aliphatic heterocycles. The number of non-ortho nitro benzene ring substituents is 1. The van der Waals surface area contributed by atoms with Gasteiger partial charge in [0.2, 0.25) is 10.0 Å². The number of nitro benzene ring substituents is 1. The van der Waals surface area contributed by atoms with Crippen LogP contribution in [0.2, 0.25) is 0 Å². The Labute approximate surface area is 192 Å². The number of aryl methyl sites for hydroxylation is 1. The summed E-state index contributed by atoms with van der Waals surface area (Å²) < 4.78 is 29.1. The monoisotopic (exact) mass is 488 g/mol. The molecule has 1 amide bonds. The van der Waals surface area contributed by atoms with Crippen LogP contribution in [0.15, 0.2) is 50.9 Å². The van der Waals surface area contributed by atoms with Crippen LogP contribution in [0.3, 0.4) is 0 Å². The normalized spacial score (nSPS) is 14.9. The highest BCUT2D eigenvalue weighted by atomic mass is 32.2. The number of benzene rings is 1. The molecule has 0 bridgehead atoms. The first kappa shape index (κ1) is 23.3. The number of sulfonamides is 1. The summed E-state index contributed by atoms with van der Waals surface area (Å²) >= 11 is 0. The number of nitro groups is 1. The van der Waals surface area contributed by atoms with E-state index in [1.54, 1.807) is 0 Å². The molecule has 0 N–H and O–H groups in total. The summed E-state index contributed by atoms with van der Waals surface area (Å²) in [5.74, 6) is -0.470. The molecule has 2 aromatic heterocycles. The zero-order valence-corrected chi connectivity index (χ0v) is 19.1. The number of nitrogens with zero attached hydrogens (tertiary/aromatic N) is 6. The summed E-state index contributed by atoms with van der Waals surface area (Å²) in [6.45, 7) is 0.122. The van der Waals surface area contributed by atoms with Crippen molar-refractivity contribution in [3.8, 4) is 0 Å². The van der Waals surface area contributed by atoms with Gasteiger partial charge in [-0.25, -0.2) is 18.2 Å². The van der Waals surface area contributed by atoms with Gasteiger partial charge in [0, 0.05) is 52.4 Å². The summed E-state index contributed by atoms with van der Waals surface area (Å²) in [4.78, 5) is 53.2. The second-order valence-electron chi connectivity index (χ2n) is 7.72. The molecule has 0 atom stereocenters. The summed E-state index contributed by atoms with van der Waals surface area (Å²) in [7, 11) is -1.18. The molecule has 4 rings (SSSR count). The molecule has 0 radical (unpaired) electrons. The highest BCUT2D eigenvalue weighted by molar-refractivity contribution is 7.89. The third kappa shape index (κ3) is 3.86. The molecule has 34 heavy (non-hydrogen) atoms. The molecule has 3 aromatic rings. The van der Waals surface area contributed by atoms with Crippen LogP contribution in [0.5, 0.6) is 0 Å². The van der Waals surface area contributed by atoms with Gasteiger partial charge < -0.3 is 4.90 Å². The maximum Gasteiger partial charge on any atom is 0.332 e. The minimum absolute atomic E-state index is 0.0105. The Balaban J connectivity index is 1.54. The molecular weight excluding hydrogens is 468 g/mol. The zero-order chi connectivity index (χ0) is 24.8. The van der Waals surface area contributed by atoms with Crippen molar-refractivity contribution in [2.24, 2.45) is 14.1 Å². The number of carbonyl (C=O) groups excluding carboxylic acids is 1. The van der Waals surface area contributed by atoms with Gasteiger partial charge in [-0.2, -0.15) is 4.31 Å². The maximum absolute atomic E-state index is 13.0. The fourth-order valence-corrected chi connectivity index (χ4v) is 5.24. The van der Waals surface area contributed by atoms with Crippen molar-refractivity contribution in [1.29, 1.82) is 0 Å². The topological polar surface area (TPSA) is 158 Å². The first-order chi connectivity index (χ1) is 16.0. The molecule has 14 heteroatoms. The highest BCUT2D eigenvalue weighted by Gasteiger charge is 2.31. The van der Waals surface area contributed by atoms with E-state index in [2.05, 4.69) is 4.98 Å². The van der Waals surface area contributed by atoms with E-state index in [9.17, 15) is 32.9 Å². The summed E-state index contributed by atoms with van der Waals surface area (Å²) in [5.41, 5.74) is -1.34. The highest BCUT2D eigenvalue weighted by Crippen LogP contribution is 2.22. The molecule has 1 saturated heterocycles. The van der Waals surface area contributed by atoms with Gasteiger partial charge in [0.25, 0.3) is 17.2 Å². The third-order valence-electron chi connectivity index (χ3n) is 5.71. The Kier molecular flexibility index (Phi) is 5.79. The van der Waals surface area contributed by atoms with Crippen molar-refractivity contribution in [3.63, 3.8) is 0 Å². The number of aromatic nitrogens is 3. The van der Waals surface area contributed by atoms with E-state index in [1.165, 1.54) is 53.9 Å². The lowest BCUT2D eigenvalue weighted by atomic mass is 10.2. The largest absolute Gasteiger partial charge is 0.335 e. The number of carbonyl (C=O) groups is 1. The standard InChI is InChI=1S/C20H20N6O7S/c1-22-17-15(18(27)23(2)20(22)29)6-7-16(21-17)19(28)24-8-10-25(11-9-24)34(32,33)14-5-3-4-13(12-14)26(30)31/h3-7,12H,8-11H2,1-2H3. The molecule has 3 heterocycles. The molecule has 1 fully saturated rings. The van der Waals surface area contributed by atoms with Crippen molar-refractivity contribution >= 4 is 32.7 Å². The first-order valence-corrected chi connectivity index (χ1v) is 11.6. The van der Waals surface area contributed by atoms with E-state index < -0.39 is 32.1 Å². The van der Waals surface area contributed by atoms with E-state index in [0.29, 0.717) is 0 Å². The molecule has 1 aliphatic rings. The lowest BCUT2D eigenvalue weighted by molar-refractivity contribution is -0.385. The number of hydrogen-bond acceptors (Lipinski definition) is 8. The number of hydrogen-bond donors (Lipinski definition) is 0. The molecule has 13 nitrogen and oxygen atoms in total. The average Bonchev–Trinajstić information content (AvgIpc) is 2.85. The van der Waals surface area contributed by atoms with Gasteiger partial charge >= 0.3 is 5.69 Å². The smallest absolute Gasteiger partial charge is 0.332 e. The van der Waals surface area contributed by atoms with Gasteiger partial charge in [-0.3, -0.25) is 28.8 Å². The van der Waals surface area contributed by atoms with E-state index in [1.807, 2.05) is 0 Å². The van der Waals surface area contributed by atoms with Crippen LogP contribution in [0, 0.1) is 10.1 Å². The lowest BCUT2D eigenvalue weighted by Gasteiger charge is -2.33. The van der Waals surface area contributed by atoms with Gasteiger partial charge in [-0.1, -0.05) is 6.07 Å². The van der Waals surface area contributed by atoms with E-state index in [0.717, 1.165) is 14.9 Å². The van der Waals surface area contributed by atoms with Crippen molar-refractivity contribution < 1.29 is 18.1 Å². The fraction of sp³-hybridized carbons (Fsp3) is 0.300. The summed E-state index contributed by atoms with van der Waals surface area (Å²) in [5, 5.41) is 11.2. The van der Waals surface area contributed by atoms with Crippen molar-refractivity contribution in [1.82, 2.24) is 23.3 Å². The molecular formula is C20H20N6O7S. The Morgan fingerprint density at radius 1 is 1.03 bits per heavy atom. The van der Waals surface area contributed by atoms with Crippen molar-refractivity contribution in [3.05, 3.63) is 73.0 Å². The quantitative estimate of drug-likeness (QED) is 0.357. The number of rotatable bonds is 4. The van der Waals surface area contributed by atoms with Crippen LogP contribution in [0.25, 0.3) is 11.0 Å². The Morgan fingerprint density at radius 3 is 2.35 bits per heavy atom. The zero-order valence-electron chi connectivity index (χ0n) is 18.2. The van der Waals surface area contributed by atoms with Crippen LogP contribution in [0.1, 0.15) is 10.5 Å². The predicted molar refractivity (Wildman–Crippen MR) is 120 cm³/mol. The molecule has 0 unspecified atom stereocenters. The number of piperazine rings is 1. The van der Waals surface area contributed by atoms with Crippen LogP contribution < -0.4 is 11.2 Å². The minimum Gasteiger partial charge on any atom is -0.335 e. The number of fused-ring (bicyclic) bond motifs is 1. The predicted octanol–water partition coefficient (Wildman–Crippen LogP) is -0.313. The SMILES string of the molecule is Cn1c(=O)c2ccc(C(=O)N3CCN(S(=O)(=O)c4cccc([N+](=O)[O-])c4)CC3)nc2n(C)c1=O. The van der Waals surface area contributed by atoms with E-state index in [-0.39, 0.29) is 53.5 Å². The van der Waals surface area contributed by atoms with Gasteiger partial charge in [-0.15, -0.1) is 0 Å². The van der Waals surface area contributed by atoms with Crippen LogP contribution in [-0.4, -0.2) is 68.8 Å². The van der Waals surface area contributed by atoms with Gasteiger partial charge in [0.1, 0.15) is 11.3 Å². The van der Waals surface area contributed by atoms with Gasteiger partial charge in [0.15, 0.2) is 0 Å². The Bertz CT molecular complexity index is 1550. The molecule has 0 aliphatic carbocycles. The summed E-state index contributed by atoms with van der Waals surface area (Å²) in [6.07, 6.45) is 0. The number of amides is 1. The average molecular weight is 488 g/mol. The molecule has 0 saturated carbocycles. The van der Waals surface area contributed by atoms with Gasteiger partial charge in [0.05, 0.1) is 15.2 Å². The summed E-state index contributed by atoms with van der Waals surface area (Å²) in [6, 6.07) is 7.62. The minimum atomic E-state index is -3.98. The second-order valence-corrected chi connectivity index (χ2v) is 9.66. The van der Waals surface area contributed by atoms with Gasteiger partial charge in [-0.05, 0) is 18.2 Å².